The molecule has 2 heterocycles. The van der Waals surface area contributed by atoms with Crippen LogP contribution in [0.2, 0.25) is 0 Å². The molecule has 0 bridgehead atoms. The Labute approximate surface area is 134 Å². The van der Waals surface area contributed by atoms with Gasteiger partial charge in [0.15, 0.2) is 0 Å². The Morgan fingerprint density at radius 2 is 1.30 bits per heavy atom. The summed E-state index contributed by atoms with van der Waals surface area (Å²) in [5.41, 5.74) is 6.33. The van der Waals surface area contributed by atoms with Crippen LogP contribution < -0.4 is 21.2 Å². The van der Waals surface area contributed by atoms with Gasteiger partial charge in [0.2, 0.25) is 0 Å². The lowest BCUT2D eigenvalue weighted by Crippen LogP contribution is -2.19. The maximum atomic E-state index is 13.5. The maximum absolute atomic E-state index is 13.5. The summed E-state index contributed by atoms with van der Waals surface area (Å²) in [4.78, 5) is 8.36. The summed E-state index contributed by atoms with van der Waals surface area (Å²) in [6.45, 7) is 0. The molecule has 23 heavy (non-hydrogen) atoms. The number of hydrogen-bond acceptors (Lipinski definition) is 4. The van der Waals surface area contributed by atoms with E-state index in [9.17, 15) is 4.57 Å². The number of nitrogens with one attached hydrogen (secondary N) is 2. The van der Waals surface area contributed by atoms with Crippen molar-refractivity contribution in [3.63, 3.8) is 0 Å². The molecule has 7 heteroatoms. The largest absolute Gasteiger partial charge is 0.399 e. The van der Waals surface area contributed by atoms with Gasteiger partial charge >= 0.3 is 0 Å². The van der Waals surface area contributed by atoms with Crippen LogP contribution in [0.4, 0.5) is 17.3 Å². The van der Waals surface area contributed by atoms with Crippen LogP contribution >= 0.6 is 7.44 Å². The summed E-state index contributed by atoms with van der Waals surface area (Å²) >= 11 is 0. The second kappa shape index (κ2) is 6.50. The van der Waals surface area contributed by atoms with Gasteiger partial charge in [-0.1, -0.05) is 12.1 Å². The van der Waals surface area contributed by atoms with E-state index in [0.29, 0.717) is 22.6 Å². The molecule has 3 aromatic rings. The number of hydrogen-bond donors (Lipinski definition) is 3. The lowest BCUT2D eigenvalue weighted by molar-refractivity contribution is 0.587. The number of rotatable bonds is 5. The van der Waals surface area contributed by atoms with E-state index >= 15 is 0 Å². The zero-order chi connectivity index (χ0) is 16.1. The number of nitrogens with two attached hydrogens (primary N) is 1. The molecule has 4 N–H and O–H groups in total. The van der Waals surface area contributed by atoms with Crippen molar-refractivity contribution < 1.29 is 4.57 Å². The molecule has 1 aromatic carbocycles. The molecule has 0 saturated heterocycles. The lowest BCUT2D eigenvalue weighted by Gasteiger charge is -2.22. The molecule has 0 aliphatic carbocycles. The van der Waals surface area contributed by atoms with E-state index in [1.54, 1.807) is 60.9 Å². The highest BCUT2D eigenvalue weighted by atomic mass is 31.2. The van der Waals surface area contributed by atoms with Crippen LogP contribution in [0.3, 0.4) is 0 Å². The second-order valence-electron chi connectivity index (χ2n) is 4.85. The average molecular weight is 325 g/mol. The van der Waals surface area contributed by atoms with Crippen molar-refractivity contribution in [3.05, 3.63) is 73.1 Å². The lowest BCUT2D eigenvalue weighted by atomic mass is 10.3. The number of benzene rings is 1. The fourth-order valence-corrected chi connectivity index (χ4v) is 3.81. The first-order valence-corrected chi connectivity index (χ1v) is 8.71. The third kappa shape index (κ3) is 3.67. The third-order valence-corrected chi connectivity index (χ3v) is 5.24. The summed E-state index contributed by atoms with van der Waals surface area (Å²) in [7, 11) is -3.22. The Morgan fingerprint density at radius 3 is 1.74 bits per heavy atom. The first-order chi connectivity index (χ1) is 11.2. The molecule has 116 valence electrons. The molecule has 0 fully saturated rings. The SMILES string of the molecule is Nc1ccc(P(=O)(Nc2ccccn2)Nc2ccccn2)cc1. The van der Waals surface area contributed by atoms with Gasteiger partial charge in [0.05, 0.1) is 5.30 Å². The quantitative estimate of drug-likeness (QED) is 0.493. The topological polar surface area (TPSA) is 92.9 Å². The molecule has 0 radical (unpaired) electrons. The highest BCUT2D eigenvalue weighted by Crippen LogP contribution is 2.43. The molecule has 0 atom stereocenters. The van der Waals surface area contributed by atoms with Gasteiger partial charge in [0, 0.05) is 18.1 Å². The normalized spacial score (nSPS) is 11.0. The van der Waals surface area contributed by atoms with Crippen LogP contribution in [-0.2, 0) is 4.57 Å². The monoisotopic (exact) mass is 325 g/mol. The van der Waals surface area contributed by atoms with Crippen molar-refractivity contribution in [2.45, 2.75) is 0 Å². The van der Waals surface area contributed by atoms with E-state index in [2.05, 4.69) is 20.1 Å². The first kappa shape index (κ1) is 15.1. The van der Waals surface area contributed by atoms with E-state index in [1.165, 1.54) is 0 Å². The van der Waals surface area contributed by atoms with E-state index in [0.717, 1.165) is 0 Å². The van der Waals surface area contributed by atoms with Crippen molar-refractivity contribution in [2.24, 2.45) is 0 Å². The molecule has 3 rings (SSSR count). The molecule has 0 aliphatic rings. The van der Waals surface area contributed by atoms with E-state index in [4.69, 9.17) is 5.73 Å². The van der Waals surface area contributed by atoms with Crippen LogP contribution in [0.5, 0.6) is 0 Å². The Bertz CT molecular complexity index is 763. The number of pyridine rings is 2. The number of aromatic nitrogens is 2. The highest BCUT2D eigenvalue weighted by molar-refractivity contribution is 7.74. The van der Waals surface area contributed by atoms with E-state index in [1.807, 2.05) is 12.1 Å². The van der Waals surface area contributed by atoms with Crippen molar-refractivity contribution in [2.75, 3.05) is 15.9 Å². The van der Waals surface area contributed by atoms with Gasteiger partial charge in [0.25, 0.3) is 7.44 Å². The fraction of sp³-hybridized carbons (Fsp3) is 0. The Kier molecular flexibility index (Phi) is 4.26. The molecule has 0 saturated carbocycles. The summed E-state index contributed by atoms with van der Waals surface area (Å²) < 4.78 is 13.5. The van der Waals surface area contributed by atoms with Crippen molar-refractivity contribution in [1.82, 2.24) is 9.97 Å². The van der Waals surface area contributed by atoms with Gasteiger partial charge in [-0.15, -0.1) is 0 Å². The standard InChI is InChI=1S/C16H16N5OP/c17-13-7-9-14(10-8-13)23(22,20-15-5-1-3-11-18-15)21-16-6-2-4-12-19-16/h1-12H,17H2,(H2,18,19,20,21,22). The minimum atomic E-state index is -3.22. The van der Waals surface area contributed by atoms with Crippen molar-refractivity contribution in [1.29, 1.82) is 0 Å². The third-order valence-electron chi connectivity index (χ3n) is 3.13. The molecule has 0 amide bonds. The number of nitrogens with zero attached hydrogens (tertiary/aromatic N) is 2. The average Bonchev–Trinajstić information content (AvgIpc) is 2.57. The molecular weight excluding hydrogens is 309 g/mol. The molecule has 0 aliphatic heterocycles. The summed E-state index contributed by atoms with van der Waals surface area (Å²) in [6.07, 6.45) is 3.27. The van der Waals surface area contributed by atoms with Gasteiger partial charge < -0.3 is 15.9 Å². The Balaban J connectivity index is 1.98. The van der Waals surface area contributed by atoms with Gasteiger partial charge in [-0.3, -0.25) is 4.57 Å². The molecule has 0 spiro atoms. The van der Waals surface area contributed by atoms with Gasteiger partial charge in [-0.2, -0.15) is 0 Å². The van der Waals surface area contributed by atoms with Crippen LogP contribution in [0.1, 0.15) is 0 Å². The van der Waals surface area contributed by atoms with E-state index < -0.39 is 7.44 Å². The predicted octanol–water partition coefficient (Wildman–Crippen LogP) is 3.10. The zero-order valence-corrected chi connectivity index (χ0v) is 13.1. The van der Waals surface area contributed by atoms with Gasteiger partial charge in [-0.05, 0) is 48.5 Å². The number of anilines is 3. The molecule has 0 unspecified atom stereocenters. The van der Waals surface area contributed by atoms with Crippen LogP contribution in [0.15, 0.2) is 73.1 Å². The Hall–Kier alpha value is -2.85. The molecule has 6 nitrogen and oxygen atoms in total. The van der Waals surface area contributed by atoms with Crippen LogP contribution in [0.25, 0.3) is 0 Å². The van der Waals surface area contributed by atoms with Gasteiger partial charge in [-0.25, -0.2) is 9.97 Å². The molecule has 2 aromatic heterocycles. The van der Waals surface area contributed by atoms with Crippen LogP contribution in [0, 0.1) is 0 Å². The highest BCUT2D eigenvalue weighted by Gasteiger charge is 2.25. The smallest absolute Gasteiger partial charge is 0.289 e. The molecular formula is C16H16N5OP. The van der Waals surface area contributed by atoms with Crippen molar-refractivity contribution >= 4 is 30.1 Å². The summed E-state index contributed by atoms with van der Waals surface area (Å²) in [6, 6.07) is 17.6. The number of nitrogen functional groups attached to an aromatic ring is 1. The summed E-state index contributed by atoms with van der Waals surface area (Å²) in [5, 5.41) is 6.57. The predicted molar refractivity (Wildman–Crippen MR) is 93.8 cm³/mol. The second-order valence-corrected chi connectivity index (χ2v) is 7.04. The minimum absolute atomic E-state index is 0.510. The summed E-state index contributed by atoms with van der Waals surface area (Å²) in [5.74, 6) is 1.02. The fourth-order valence-electron chi connectivity index (χ4n) is 2.02. The minimum Gasteiger partial charge on any atom is -0.399 e. The zero-order valence-electron chi connectivity index (χ0n) is 12.3. The first-order valence-electron chi connectivity index (χ1n) is 7.00. The maximum Gasteiger partial charge on any atom is 0.289 e. The Morgan fingerprint density at radius 1 is 0.783 bits per heavy atom. The van der Waals surface area contributed by atoms with Crippen molar-refractivity contribution in [3.8, 4) is 0 Å². The van der Waals surface area contributed by atoms with Gasteiger partial charge in [0.1, 0.15) is 11.6 Å². The van der Waals surface area contributed by atoms with E-state index in [-0.39, 0.29) is 0 Å². The van der Waals surface area contributed by atoms with Crippen LogP contribution in [-0.4, -0.2) is 9.97 Å².